The van der Waals surface area contributed by atoms with Gasteiger partial charge in [0.15, 0.2) is 0 Å². The standard InChI is InChI=1S/C19H20N2O4S/c1-2-3-6-17(15-5-4-11-20-13-15)21-26(23,24)16-8-9-18-14(12-16)7-10-19(22)25-18/h4-5,7-13,17,21H,2-3,6H2,1H3. The first-order valence-corrected chi connectivity index (χ1v) is 9.94. The lowest BCUT2D eigenvalue weighted by Crippen LogP contribution is -2.28. The van der Waals surface area contributed by atoms with Crippen LogP contribution in [0.25, 0.3) is 11.0 Å². The molecule has 0 amide bonds. The molecule has 0 aliphatic heterocycles. The summed E-state index contributed by atoms with van der Waals surface area (Å²) in [5.74, 6) is 0. The molecule has 6 nitrogen and oxygen atoms in total. The number of rotatable bonds is 7. The number of hydrogen-bond donors (Lipinski definition) is 1. The van der Waals surface area contributed by atoms with Crippen LogP contribution in [0.15, 0.2) is 69.0 Å². The van der Waals surface area contributed by atoms with E-state index in [-0.39, 0.29) is 10.9 Å². The topological polar surface area (TPSA) is 89.3 Å². The number of unbranched alkanes of at least 4 members (excludes halogenated alkanes) is 1. The molecule has 26 heavy (non-hydrogen) atoms. The average molecular weight is 372 g/mol. The van der Waals surface area contributed by atoms with E-state index in [0.717, 1.165) is 18.4 Å². The second-order valence-corrected chi connectivity index (χ2v) is 7.77. The number of hydrogen-bond acceptors (Lipinski definition) is 5. The predicted molar refractivity (Wildman–Crippen MR) is 99.3 cm³/mol. The first-order chi connectivity index (χ1) is 12.5. The van der Waals surface area contributed by atoms with E-state index in [1.54, 1.807) is 24.5 Å². The van der Waals surface area contributed by atoms with Crippen LogP contribution >= 0.6 is 0 Å². The van der Waals surface area contributed by atoms with Crippen LogP contribution in [0.5, 0.6) is 0 Å². The third-order valence-electron chi connectivity index (χ3n) is 4.13. The number of nitrogens with one attached hydrogen (secondary N) is 1. The van der Waals surface area contributed by atoms with Crippen molar-refractivity contribution < 1.29 is 12.8 Å². The summed E-state index contributed by atoms with van der Waals surface area (Å²) in [6.45, 7) is 2.06. The van der Waals surface area contributed by atoms with E-state index in [0.29, 0.717) is 17.4 Å². The molecular weight excluding hydrogens is 352 g/mol. The van der Waals surface area contributed by atoms with Gasteiger partial charge in [-0.3, -0.25) is 4.98 Å². The van der Waals surface area contributed by atoms with E-state index in [4.69, 9.17) is 4.42 Å². The summed E-state index contributed by atoms with van der Waals surface area (Å²) in [6.07, 6.45) is 5.88. The summed E-state index contributed by atoms with van der Waals surface area (Å²) in [5, 5.41) is 0.555. The Morgan fingerprint density at radius 1 is 1.19 bits per heavy atom. The summed E-state index contributed by atoms with van der Waals surface area (Å²) in [5.41, 5.74) is 0.713. The molecule has 0 saturated carbocycles. The molecular formula is C19H20N2O4S. The summed E-state index contributed by atoms with van der Waals surface area (Å²) in [4.78, 5) is 15.5. The van der Waals surface area contributed by atoms with Crippen molar-refractivity contribution >= 4 is 21.0 Å². The zero-order valence-electron chi connectivity index (χ0n) is 14.4. The summed E-state index contributed by atoms with van der Waals surface area (Å²) >= 11 is 0. The molecule has 2 heterocycles. The van der Waals surface area contributed by atoms with E-state index >= 15 is 0 Å². The van der Waals surface area contributed by atoms with Crippen molar-refractivity contribution in [3.05, 3.63) is 70.8 Å². The van der Waals surface area contributed by atoms with E-state index in [1.807, 2.05) is 6.07 Å². The highest BCUT2D eigenvalue weighted by Crippen LogP contribution is 2.23. The van der Waals surface area contributed by atoms with Crippen molar-refractivity contribution in [3.63, 3.8) is 0 Å². The fourth-order valence-electron chi connectivity index (χ4n) is 2.76. The van der Waals surface area contributed by atoms with Crippen molar-refractivity contribution in [2.75, 3.05) is 0 Å². The quantitative estimate of drug-likeness (QED) is 0.642. The molecule has 1 atom stereocenters. The first-order valence-electron chi connectivity index (χ1n) is 8.46. The van der Waals surface area contributed by atoms with Crippen molar-refractivity contribution in [1.82, 2.24) is 9.71 Å². The summed E-state index contributed by atoms with van der Waals surface area (Å²) < 4.78 is 33.6. The fraction of sp³-hybridized carbons (Fsp3) is 0.263. The lowest BCUT2D eigenvalue weighted by molar-refractivity contribution is 0.524. The second kappa shape index (κ2) is 7.80. The lowest BCUT2D eigenvalue weighted by Gasteiger charge is -2.19. The largest absolute Gasteiger partial charge is 0.423 e. The molecule has 0 spiro atoms. The van der Waals surface area contributed by atoms with Crippen LogP contribution in [0.1, 0.15) is 37.8 Å². The van der Waals surface area contributed by atoms with Crippen LogP contribution in [-0.2, 0) is 10.0 Å². The molecule has 3 rings (SSSR count). The number of benzene rings is 1. The van der Waals surface area contributed by atoms with Gasteiger partial charge in [0.1, 0.15) is 5.58 Å². The Kier molecular flexibility index (Phi) is 5.49. The Morgan fingerprint density at radius 3 is 2.77 bits per heavy atom. The van der Waals surface area contributed by atoms with Crippen LogP contribution in [0.4, 0.5) is 0 Å². The zero-order valence-corrected chi connectivity index (χ0v) is 15.2. The van der Waals surface area contributed by atoms with Crippen molar-refractivity contribution in [3.8, 4) is 0 Å². The number of aromatic nitrogens is 1. The molecule has 0 aliphatic carbocycles. The SMILES string of the molecule is CCCCC(NS(=O)(=O)c1ccc2oc(=O)ccc2c1)c1cccnc1. The minimum atomic E-state index is -3.74. The molecule has 136 valence electrons. The molecule has 0 saturated heterocycles. The Labute approximate surface area is 151 Å². The van der Waals surface area contributed by atoms with E-state index in [9.17, 15) is 13.2 Å². The number of sulfonamides is 1. The lowest BCUT2D eigenvalue weighted by atomic mass is 10.0. The van der Waals surface area contributed by atoms with Crippen molar-refractivity contribution in [1.29, 1.82) is 0 Å². The smallest absolute Gasteiger partial charge is 0.336 e. The summed E-state index contributed by atoms with van der Waals surface area (Å²) in [7, 11) is -3.74. The van der Waals surface area contributed by atoms with Gasteiger partial charge in [0.05, 0.1) is 4.90 Å². The Morgan fingerprint density at radius 2 is 2.04 bits per heavy atom. The van der Waals surface area contributed by atoms with Gasteiger partial charge in [-0.2, -0.15) is 0 Å². The van der Waals surface area contributed by atoms with Gasteiger partial charge >= 0.3 is 5.63 Å². The molecule has 7 heteroatoms. The molecule has 0 bridgehead atoms. The maximum atomic E-state index is 12.9. The minimum absolute atomic E-state index is 0.129. The number of nitrogens with zero attached hydrogens (tertiary/aromatic N) is 1. The maximum Gasteiger partial charge on any atom is 0.336 e. The molecule has 0 radical (unpaired) electrons. The number of pyridine rings is 1. The average Bonchev–Trinajstić information content (AvgIpc) is 2.65. The molecule has 0 aliphatic rings. The summed E-state index contributed by atoms with van der Waals surface area (Å²) in [6, 6.07) is 10.6. The normalized spacial score (nSPS) is 13.0. The molecule has 1 unspecified atom stereocenters. The van der Waals surface area contributed by atoms with Gasteiger partial charge in [0, 0.05) is 29.9 Å². The van der Waals surface area contributed by atoms with Gasteiger partial charge in [-0.15, -0.1) is 0 Å². The molecule has 1 aromatic carbocycles. The van der Waals surface area contributed by atoms with Crippen molar-refractivity contribution in [2.45, 2.75) is 37.1 Å². The zero-order chi connectivity index (χ0) is 18.6. The van der Waals surface area contributed by atoms with Gasteiger partial charge in [0.2, 0.25) is 10.0 Å². The van der Waals surface area contributed by atoms with Gasteiger partial charge in [-0.25, -0.2) is 17.9 Å². The third-order valence-corrected chi connectivity index (χ3v) is 5.60. The third kappa shape index (κ3) is 4.17. The number of fused-ring (bicyclic) bond motifs is 1. The monoisotopic (exact) mass is 372 g/mol. The van der Waals surface area contributed by atoms with Crippen LogP contribution in [0.2, 0.25) is 0 Å². The van der Waals surface area contributed by atoms with Crippen LogP contribution in [0, 0.1) is 0 Å². The van der Waals surface area contributed by atoms with Gasteiger partial charge in [-0.1, -0.05) is 25.8 Å². The van der Waals surface area contributed by atoms with Gasteiger partial charge in [-0.05, 0) is 42.3 Å². The Balaban J connectivity index is 1.92. The molecule has 0 fully saturated rings. The van der Waals surface area contributed by atoms with E-state index in [1.165, 1.54) is 24.3 Å². The van der Waals surface area contributed by atoms with Gasteiger partial charge < -0.3 is 4.42 Å². The van der Waals surface area contributed by atoms with E-state index < -0.39 is 15.6 Å². The second-order valence-electron chi connectivity index (χ2n) is 6.06. The van der Waals surface area contributed by atoms with Crippen molar-refractivity contribution in [2.24, 2.45) is 0 Å². The Hall–Kier alpha value is -2.51. The highest BCUT2D eigenvalue weighted by molar-refractivity contribution is 7.89. The predicted octanol–water partition coefficient (Wildman–Crippen LogP) is 3.40. The molecule has 2 aromatic heterocycles. The first kappa shape index (κ1) is 18.3. The van der Waals surface area contributed by atoms with Crippen LogP contribution in [0.3, 0.4) is 0 Å². The van der Waals surface area contributed by atoms with E-state index in [2.05, 4.69) is 16.6 Å². The van der Waals surface area contributed by atoms with Crippen LogP contribution in [-0.4, -0.2) is 13.4 Å². The fourth-order valence-corrected chi connectivity index (χ4v) is 4.05. The highest BCUT2D eigenvalue weighted by Gasteiger charge is 2.21. The Bertz CT molecular complexity index is 1050. The maximum absolute atomic E-state index is 12.9. The van der Waals surface area contributed by atoms with Gasteiger partial charge in [0.25, 0.3) is 0 Å². The minimum Gasteiger partial charge on any atom is -0.423 e. The van der Waals surface area contributed by atoms with Crippen LogP contribution < -0.4 is 10.3 Å². The highest BCUT2D eigenvalue weighted by atomic mass is 32.2. The molecule has 3 aromatic rings. The molecule has 1 N–H and O–H groups in total.